The van der Waals surface area contributed by atoms with Gasteiger partial charge in [0, 0.05) is 6.42 Å². The van der Waals surface area contributed by atoms with Gasteiger partial charge in [-0.1, -0.05) is 46.4 Å². The largest absolute Gasteiger partial charge is 0.478 e. The van der Waals surface area contributed by atoms with E-state index in [4.69, 9.17) is 9.52 Å². The van der Waals surface area contributed by atoms with Gasteiger partial charge in [0.05, 0.1) is 5.56 Å². The van der Waals surface area contributed by atoms with Crippen molar-refractivity contribution in [1.29, 1.82) is 0 Å². The molecule has 0 spiro atoms. The van der Waals surface area contributed by atoms with E-state index in [2.05, 4.69) is 53.3 Å². The number of aromatic carboxylic acids is 1. The van der Waals surface area contributed by atoms with Crippen molar-refractivity contribution >= 4 is 11.5 Å². The lowest BCUT2D eigenvalue weighted by Gasteiger charge is -2.42. The fourth-order valence-electron chi connectivity index (χ4n) is 3.99. The first-order valence-corrected chi connectivity index (χ1v) is 9.16. The van der Waals surface area contributed by atoms with Crippen LogP contribution >= 0.6 is 0 Å². The summed E-state index contributed by atoms with van der Waals surface area (Å²) in [5.74, 6) is -0.344. The predicted octanol–water partition coefficient (Wildman–Crippen LogP) is 5.89. The van der Waals surface area contributed by atoms with Crippen molar-refractivity contribution in [3.05, 3.63) is 64.6 Å². The smallest absolute Gasteiger partial charge is 0.338 e. The van der Waals surface area contributed by atoms with Crippen LogP contribution in [0.5, 0.6) is 0 Å². The highest BCUT2D eigenvalue weighted by molar-refractivity contribution is 5.87. The second-order valence-electron chi connectivity index (χ2n) is 8.87. The van der Waals surface area contributed by atoms with Gasteiger partial charge in [0.25, 0.3) is 0 Å². The molecule has 2 aromatic rings. The van der Waals surface area contributed by atoms with Crippen molar-refractivity contribution < 1.29 is 14.3 Å². The number of carboxylic acids is 1. The molecule has 0 aliphatic heterocycles. The van der Waals surface area contributed by atoms with E-state index in [-0.39, 0.29) is 16.4 Å². The molecule has 1 aromatic heterocycles. The third-order valence-electron chi connectivity index (χ3n) is 5.87. The van der Waals surface area contributed by atoms with E-state index >= 15 is 0 Å². The summed E-state index contributed by atoms with van der Waals surface area (Å²) in [6.07, 6.45) is 4.16. The average molecular weight is 352 g/mol. The summed E-state index contributed by atoms with van der Waals surface area (Å²) < 4.78 is 5.40. The molecule has 138 valence electrons. The fraction of sp³-hybridized carbons (Fsp3) is 0.435. The SMILES string of the molecule is C=C(Cc1cc(C(=O)O)co1)c1cc2c(cc1C)C(C)(C)CCC2(C)C. The first-order valence-electron chi connectivity index (χ1n) is 9.16. The minimum atomic E-state index is -0.973. The highest BCUT2D eigenvalue weighted by Crippen LogP contribution is 2.47. The van der Waals surface area contributed by atoms with Crippen LogP contribution in [-0.2, 0) is 17.3 Å². The number of furan rings is 1. The zero-order chi connectivity index (χ0) is 19.3. The molecule has 1 aliphatic rings. The molecular weight excluding hydrogens is 324 g/mol. The van der Waals surface area contributed by atoms with Gasteiger partial charge in [0.2, 0.25) is 0 Å². The molecule has 1 aromatic carbocycles. The molecule has 0 saturated heterocycles. The summed E-state index contributed by atoms with van der Waals surface area (Å²) in [6, 6.07) is 6.20. The van der Waals surface area contributed by atoms with E-state index in [9.17, 15) is 4.79 Å². The van der Waals surface area contributed by atoms with Crippen LogP contribution in [0.3, 0.4) is 0 Å². The number of aryl methyl sites for hydroxylation is 1. The average Bonchev–Trinajstić information content (AvgIpc) is 3.00. The summed E-state index contributed by atoms with van der Waals surface area (Å²) in [7, 11) is 0. The van der Waals surface area contributed by atoms with Gasteiger partial charge in [0.15, 0.2) is 0 Å². The second kappa shape index (κ2) is 6.15. The second-order valence-corrected chi connectivity index (χ2v) is 8.87. The van der Waals surface area contributed by atoms with Crippen LogP contribution in [0.4, 0.5) is 0 Å². The molecule has 0 amide bonds. The van der Waals surface area contributed by atoms with Crippen LogP contribution in [0, 0.1) is 6.92 Å². The topological polar surface area (TPSA) is 50.4 Å². The molecule has 0 atom stereocenters. The Labute approximate surface area is 155 Å². The van der Waals surface area contributed by atoms with Crippen molar-refractivity contribution in [2.75, 3.05) is 0 Å². The highest BCUT2D eigenvalue weighted by Gasteiger charge is 2.37. The van der Waals surface area contributed by atoms with Gasteiger partial charge in [0.1, 0.15) is 12.0 Å². The van der Waals surface area contributed by atoms with Crippen molar-refractivity contribution in [3.8, 4) is 0 Å². The Balaban J connectivity index is 1.97. The minimum absolute atomic E-state index is 0.148. The van der Waals surface area contributed by atoms with Gasteiger partial charge >= 0.3 is 5.97 Å². The molecule has 0 unspecified atom stereocenters. The molecule has 1 aliphatic carbocycles. The van der Waals surface area contributed by atoms with Gasteiger partial charge in [-0.25, -0.2) is 4.79 Å². The first kappa shape index (κ1) is 18.5. The molecular formula is C23H28O3. The quantitative estimate of drug-likeness (QED) is 0.746. The predicted molar refractivity (Wildman–Crippen MR) is 105 cm³/mol. The van der Waals surface area contributed by atoms with Crippen LogP contribution in [0.1, 0.15) is 78.9 Å². The summed E-state index contributed by atoms with van der Waals surface area (Å²) in [6.45, 7) is 15.7. The van der Waals surface area contributed by atoms with Gasteiger partial charge in [-0.2, -0.15) is 0 Å². The van der Waals surface area contributed by atoms with E-state index in [0.717, 1.165) is 11.1 Å². The molecule has 0 saturated carbocycles. The third-order valence-corrected chi connectivity index (χ3v) is 5.87. The standard InChI is InChI=1S/C23H28O3/c1-14(9-17-11-16(13-26-17)21(24)25)18-12-20-19(10-15(18)2)22(3,4)7-8-23(20,5)6/h10-13H,1,7-9H2,2-6H3,(H,24,25). The van der Waals surface area contributed by atoms with Gasteiger partial charge in [-0.05, 0) is 64.5 Å². The maximum atomic E-state index is 11.0. The number of allylic oxidation sites excluding steroid dienone is 1. The summed E-state index contributed by atoms with van der Waals surface area (Å²) in [5.41, 5.74) is 6.66. The Bertz CT molecular complexity index is 881. The zero-order valence-electron chi connectivity index (χ0n) is 16.4. The normalized spacial score (nSPS) is 17.6. The van der Waals surface area contributed by atoms with Gasteiger partial charge < -0.3 is 9.52 Å². The summed E-state index contributed by atoms with van der Waals surface area (Å²) in [5, 5.41) is 9.05. The van der Waals surface area contributed by atoms with Gasteiger partial charge in [-0.15, -0.1) is 0 Å². The monoisotopic (exact) mass is 352 g/mol. The highest BCUT2D eigenvalue weighted by atomic mass is 16.4. The molecule has 0 radical (unpaired) electrons. The Kier molecular flexibility index (Phi) is 4.38. The molecule has 26 heavy (non-hydrogen) atoms. The first-order chi connectivity index (χ1) is 12.0. The number of hydrogen-bond donors (Lipinski definition) is 1. The summed E-state index contributed by atoms with van der Waals surface area (Å²) in [4.78, 5) is 11.0. The number of hydrogen-bond acceptors (Lipinski definition) is 2. The molecule has 3 heteroatoms. The van der Waals surface area contributed by atoms with E-state index < -0.39 is 5.97 Å². The van der Waals surface area contributed by atoms with Crippen LogP contribution < -0.4 is 0 Å². The van der Waals surface area contributed by atoms with Crippen molar-refractivity contribution in [2.24, 2.45) is 0 Å². The lowest BCUT2D eigenvalue weighted by atomic mass is 9.62. The van der Waals surface area contributed by atoms with Crippen molar-refractivity contribution in [3.63, 3.8) is 0 Å². The molecule has 3 nitrogen and oxygen atoms in total. The molecule has 1 N–H and O–H groups in total. The summed E-state index contributed by atoms with van der Waals surface area (Å²) >= 11 is 0. The maximum Gasteiger partial charge on any atom is 0.338 e. The Morgan fingerprint density at radius 1 is 1.12 bits per heavy atom. The molecule has 0 fully saturated rings. The van der Waals surface area contributed by atoms with Crippen molar-refractivity contribution in [1.82, 2.24) is 0 Å². The molecule has 3 rings (SSSR count). The van der Waals surface area contributed by atoms with Crippen LogP contribution in [0.15, 0.2) is 35.5 Å². The lowest BCUT2D eigenvalue weighted by molar-refractivity contribution is 0.0696. The van der Waals surface area contributed by atoms with Gasteiger partial charge in [-0.3, -0.25) is 0 Å². The van der Waals surface area contributed by atoms with Crippen molar-refractivity contribution in [2.45, 2.75) is 64.7 Å². The number of benzene rings is 1. The fourth-order valence-corrected chi connectivity index (χ4v) is 3.99. The van der Waals surface area contributed by atoms with Crippen LogP contribution in [0.2, 0.25) is 0 Å². The molecule has 1 heterocycles. The number of carbonyl (C=O) groups is 1. The van der Waals surface area contributed by atoms with E-state index in [1.165, 1.54) is 35.8 Å². The van der Waals surface area contributed by atoms with E-state index in [1.54, 1.807) is 6.07 Å². The molecule has 0 bridgehead atoms. The third kappa shape index (κ3) is 3.23. The Morgan fingerprint density at radius 3 is 2.23 bits per heavy atom. The Morgan fingerprint density at radius 2 is 1.69 bits per heavy atom. The van der Waals surface area contributed by atoms with E-state index in [0.29, 0.717) is 12.2 Å². The van der Waals surface area contributed by atoms with Crippen LogP contribution in [-0.4, -0.2) is 11.1 Å². The minimum Gasteiger partial charge on any atom is -0.478 e. The zero-order valence-corrected chi connectivity index (χ0v) is 16.4. The number of rotatable bonds is 4. The number of carboxylic acid groups (broad SMARTS) is 1. The number of fused-ring (bicyclic) bond motifs is 1. The van der Waals surface area contributed by atoms with E-state index in [1.807, 2.05) is 0 Å². The van der Waals surface area contributed by atoms with Crippen LogP contribution in [0.25, 0.3) is 5.57 Å². The Hall–Kier alpha value is -2.29. The maximum absolute atomic E-state index is 11.0. The lowest BCUT2D eigenvalue weighted by Crippen LogP contribution is -2.34.